The van der Waals surface area contributed by atoms with Crippen LogP contribution in [0.15, 0.2) is 54.7 Å². The molecule has 0 spiro atoms. The zero-order valence-electron chi connectivity index (χ0n) is 14.4. The number of ketones is 1. The molecular formula is C20H17N3O3. The highest BCUT2D eigenvalue weighted by molar-refractivity contribution is 6.12. The van der Waals surface area contributed by atoms with Crippen LogP contribution in [0, 0.1) is 11.3 Å². The number of rotatable bonds is 5. The SMILES string of the molecule is COc1ccc(C(=O)c2c(N)c(C#N)cn2-c2ccccc2OC)cc1. The lowest BCUT2D eigenvalue weighted by Crippen LogP contribution is -2.11. The molecule has 0 unspecified atom stereocenters. The Hall–Kier alpha value is -3.72. The Morgan fingerprint density at radius 2 is 1.77 bits per heavy atom. The topological polar surface area (TPSA) is 90.3 Å². The number of hydrogen-bond acceptors (Lipinski definition) is 5. The van der Waals surface area contributed by atoms with E-state index in [0.717, 1.165) is 0 Å². The lowest BCUT2D eigenvalue weighted by molar-refractivity contribution is 0.103. The first-order chi connectivity index (χ1) is 12.6. The zero-order chi connectivity index (χ0) is 18.7. The lowest BCUT2D eigenvalue weighted by Gasteiger charge is -2.13. The van der Waals surface area contributed by atoms with Crippen molar-refractivity contribution in [3.63, 3.8) is 0 Å². The molecule has 6 heteroatoms. The van der Waals surface area contributed by atoms with E-state index in [1.807, 2.05) is 18.2 Å². The number of benzene rings is 2. The van der Waals surface area contributed by atoms with Crippen molar-refractivity contribution in [1.82, 2.24) is 4.57 Å². The highest BCUT2D eigenvalue weighted by Crippen LogP contribution is 2.31. The molecule has 0 aliphatic heterocycles. The molecule has 0 radical (unpaired) electrons. The number of anilines is 1. The Balaban J connectivity index is 2.18. The summed E-state index contributed by atoms with van der Waals surface area (Å²) in [7, 11) is 3.10. The molecule has 2 N–H and O–H groups in total. The number of ether oxygens (including phenoxy) is 2. The molecular weight excluding hydrogens is 330 g/mol. The normalized spacial score (nSPS) is 10.2. The fourth-order valence-corrected chi connectivity index (χ4v) is 2.74. The van der Waals surface area contributed by atoms with E-state index in [9.17, 15) is 10.1 Å². The lowest BCUT2D eigenvalue weighted by atomic mass is 10.1. The van der Waals surface area contributed by atoms with Crippen molar-refractivity contribution in [3.8, 4) is 23.3 Å². The van der Waals surface area contributed by atoms with Gasteiger partial charge in [0.15, 0.2) is 0 Å². The van der Waals surface area contributed by atoms with Gasteiger partial charge in [0.25, 0.3) is 0 Å². The van der Waals surface area contributed by atoms with E-state index in [-0.39, 0.29) is 22.7 Å². The minimum absolute atomic E-state index is 0.138. The van der Waals surface area contributed by atoms with Crippen LogP contribution in [0.25, 0.3) is 5.69 Å². The smallest absolute Gasteiger partial charge is 0.211 e. The highest BCUT2D eigenvalue weighted by atomic mass is 16.5. The van der Waals surface area contributed by atoms with Gasteiger partial charge in [0.05, 0.1) is 31.2 Å². The Morgan fingerprint density at radius 1 is 1.08 bits per heavy atom. The van der Waals surface area contributed by atoms with E-state index >= 15 is 0 Å². The van der Waals surface area contributed by atoms with Crippen LogP contribution in [0.1, 0.15) is 21.6 Å². The summed E-state index contributed by atoms with van der Waals surface area (Å²) in [5.41, 5.74) is 7.76. The van der Waals surface area contributed by atoms with E-state index in [4.69, 9.17) is 15.2 Å². The summed E-state index contributed by atoms with van der Waals surface area (Å²) < 4.78 is 12.1. The number of para-hydroxylation sites is 2. The first-order valence-electron chi connectivity index (χ1n) is 7.83. The number of nitrogen functional groups attached to an aromatic ring is 1. The van der Waals surface area contributed by atoms with Crippen molar-refractivity contribution in [1.29, 1.82) is 5.26 Å². The minimum Gasteiger partial charge on any atom is -0.497 e. The molecule has 0 saturated heterocycles. The third kappa shape index (κ3) is 2.87. The van der Waals surface area contributed by atoms with Gasteiger partial charge in [-0.05, 0) is 36.4 Å². The Bertz CT molecular complexity index is 998. The minimum atomic E-state index is -0.294. The quantitative estimate of drug-likeness (QED) is 0.716. The molecule has 0 atom stereocenters. The fraction of sp³-hybridized carbons (Fsp3) is 0.100. The molecule has 3 aromatic rings. The molecule has 2 aromatic carbocycles. The molecule has 0 saturated carbocycles. The van der Waals surface area contributed by atoms with Crippen LogP contribution in [0.4, 0.5) is 5.69 Å². The molecule has 0 bridgehead atoms. The van der Waals surface area contributed by atoms with Crippen molar-refractivity contribution in [3.05, 3.63) is 71.5 Å². The molecule has 1 aromatic heterocycles. The average Bonchev–Trinajstić information content (AvgIpc) is 3.03. The van der Waals surface area contributed by atoms with E-state index in [2.05, 4.69) is 0 Å². The maximum atomic E-state index is 13.1. The molecule has 1 heterocycles. The number of aromatic nitrogens is 1. The molecule has 0 aliphatic rings. The summed E-state index contributed by atoms with van der Waals surface area (Å²) in [4.78, 5) is 13.1. The number of hydrogen-bond donors (Lipinski definition) is 1. The molecule has 0 fully saturated rings. The van der Waals surface area contributed by atoms with Crippen molar-refractivity contribution in [2.45, 2.75) is 0 Å². The van der Waals surface area contributed by atoms with Gasteiger partial charge in [-0.25, -0.2) is 0 Å². The molecule has 6 nitrogen and oxygen atoms in total. The summed E-state index contributed by atoms with van der Waals surface area (Å²) >= 11 is 0. The van der Waals surface area contributed by atoms with Crippen molar-refractivity contribution in [2.75, 3.05) is 20.0 Å². The van der Waals surface area contributed by atoms with Crippen molar-refractivity contribution in [2.24, 2.45) is 0 Å². The van der Waals surface area contributed by atoms with Gasteiger partial charge in [-0.3, -0.25) is 4.79 Å². The third-order valence-corrected chi connectivity index (χ3v) is 4.08. The molecule has 130 valence electrons. The number of nitrogens with two attached hydrogens (primary N) is 1. The fourth-order valence-electron chi connectivity index (χ4n) is 2.74. The van der Waals surface area contributed by atoms with Crippen LogP contribution in [-0.4, -0.2) is 24.6 Å². The maximum absolute atomic E-state index is 13.1. The third-order valence-electron chi connectivity index (χ3n) is 4.08. The Morgan fingerprint density at radius 3 is 2.38 bits per heavy atom. The number of nitriles is 1. The van der Waals surface area contributed by atoms with Crippen molar-refractivity contribution >= 4 is 11.5 Å². The number of nitrogens with zero attached hydrogens (tertiary/aromatic N) is 2. The standard InChI is InChI=1S/C20H17N3O3/c1-25-15-9-7-13(8-10-15)20(24)19-18(22)14(11-21)12-23(19)16-5-3-4-6-17(16)26-2/h3-10,12H,22H2,1-2H3. The van der Waals surface area contributed by atoms with Gasteiger partial charge < -0.3 is 19.8 Å². The van der Waals surface area contributed by atoms with Gasteiger partial charge in [-0.15, -0.1) is 0 Å². The zero-order valence-corrected chi connectivity index (χ0v) is 14.4. The van der Waals surface area contributed by atoms with Crippen LogP contribution in [-0.2, 0) is 0 Å². The molecule has 26 heavy (non-hydrogen) atoms. The molecule has 0 amide bonds. The predicted octanol–water partition coefficient (Wildman–Crippen LogP) is 3.18. The summed E-state index contributed by atoms with van der Waals surface area (Å²) in [5, 5.41) is 9.35. The Labute approximate surface area is 151 Å². The van der Waals surface area contributed by atoms with Crippen LogP contribution >= 0.6 is 0 Å². The van der Waals surface area contributed by atoms with Gasteiger partial charge >= 0.3 is 0 Å². The number of carbonyl (C=O) groups is 1. The van der Waals surface area contributed by atoms with Gasteiger partial charge in [0.2, 0.25) is 5.78 Å². The molecule has 3 rings (SSSR count). The maximum Gasteiger partial charge on any atom is 0.211 e. The van der Waals surface area contributed by atoms with Gasteiger partial charge in [0, 0.05) is 11.8 Å². The first-order valence-corrected chi connectivity index (χ1v) is 7.83. The monoisotopic (exact) mass is 347 g/mol. The van der Waals surface area contributed by atoms with Crippen LogP contribution in [0.3, 0.4) is 0 Å². The number of methoxy groups -OCH3 is 2. The predicted molar refractivity (Wildman–Crippen MR) is 97.9 cm³/mol. The highest BCUT2D eigenvalue weighted by Gasteiger charge is 2.23. The first kappa shape index (κ1) is 17.1. The largest absolute Gasteiger partial charge is 0.497 e. The Kier molecular flexibility index (Phi) is 4.63. The van der Waals surface area contributed by atoms with Crippen molar-refractivity contribution < 1.29 is 14.3 Å². The van der Waals surface area contributed by atoms with Gasteiger partial charge in [-0.2, -0.15) is 5.26 Å². The number of carbonyl (C=O) groups excluding carboxylic acids is 1. The van der Waals surface area contributed by atoms with Crippen LogP contribution < -0.4 is 15.2 Å². The summed E-state index contributed by atoms with van der Waals surface area (Å²) in [6.45, 7) is 0. The summed E-state index contributed by atoms with van der Waals surface area (Å²) in [5.74, 6) is 0.917. The van der Waals surface area contributed by atoms with E-state index in [1.54, 1.807) is 61.4 Å². The van der Waals surface area contributed by atoms with E-state index < -0.39 is 0 Å². The second-order valence-corrected chi connectivity index (χ2v) is 5.52. The van der Waals surface area contributed by atoms with Crippen LogP contribution in [0.5, 0.6) is 11.5 Å². The summed E-state index contributed by atoms with van der Waals surface area (Å²) in [6, 6.07) is 16.0. The van der Waals surface area contributed by atoms with E-state index in [1.165, 1.54) is 0 Å². The average molecular weight is 347 g/mol. The second kappa shape index (κ2) is 7.03. The van der Waals surface area contributed by atoms with Gasteiger partial charge in [0.1, 0.15) is 23.3 Å². The van der Waals surface area contributed by atoms with E-state index in [0.29, 0.717) is 22.7 Å². The van der Waals surface area contributed by atoms with Gasteiger partial charge in [-0.1, -0.05) is 12.1 Å². The van der Waals surface area contributed by atoms with Crippen LogP contribution in [0.2, 0.25) is 0 Å². The second-order valence-electron chi connectivity index (χ2n) is 5.52. The summed E-state index contributed by atoms with van der Waals surface area (Å²) in [6.07, 6.45) is 1.55. The molecule has 0 aliphatic carbocycles.